The third kappa shape index (κ3) is 6.59. The Hall–Kier alpha value is -0.820. The molecule has 0 spiro atoms. The lowest BCUT2D eigenvalue weighted by Crippen LogP contribution is -2.40. The summed E-state index contributed by atoms with van der Waals surface area (Å²) >= 11 is 0. The average molecular weight is 444 g/mol. The van der Waals surface area contributed by atoms with Crippen LogP contribution in [-0.2, 0) is 6.54 Å². The molecule has 24 heavy (non-hydrogen) atoms. The molecule has 0 aromatic heterocycles. The Morgan fingerprint density at radius 2 is 2.04 bits per heavy atom. The molecule has 136 valence electrons. The molecule has 0 amide bonds. The summed E-state index contributed by atoms with van der Waals surface area (Å²) in [5.74, 6) is 1.67. The summed E-state index contributed by atoms with van der Waals surface area (Å²) in [6.07, 6.45) is 1.29. The molecule has 0 aliphatic carbocycles. The number of nitrogens with zero attached hydrogens (tertiary/aromatic N) is 2. The normalized spacial score (nSPS) is 18.3. The van der Waals surface area contributed by atoms with Crippen molar-refractivity contribution in [2.24, 2.45) is 10.9 Å². The second kappa shape index (κ2) is 10.9. The van der Waals surface area contributed by atoms with Gasteiger partial charge in [-0.25, -0.2) is 4.99 Å². The number of halogens is 1. The molecule has 0 saturated carbocycles. The van der Waals surface area contributed by atoms with E-state index in [4.69, 9.17) is 4.99 Å². The van der Waals surface area contributed by atoms with Crippen LogP contribution in [0.3, 0.4) is 0 Å². The van der Waals surface area contributed by atoms with Crippen molar-refractivity contribution < 1.29 is 0 Å². The van der Waals surface area contributed by atoms with Crippen molar-refractivity contribution in [3.63, 3.8) is 0 Å². The Balaban J connectivity index is 0.00000288. The molecule has 5 heteroatoms. The van der Waals surface area contributed by atoms with Crippen LogP contribution >= 0.6 is 24.0 Å². The number of hydrogen-bond acceptors (Lipinski definition) is 2. The maximum absolute atomic E-state index is 4.76. The van der Waals surface area contributed by atoms with Crippen molar-refractivity contribution in [2.75, 3.05) is 32.7 Å². The van der Waals surface area contributed by atoms with Gasteiger partial charge in [-0.05, 0) is 57.3 Å². The van der Waals surface area contributed by atoms with Crippen LogP contribution in [0, 0.1) is 19.8 Å². The molecule has 0 bridgehead atoms. The third-order valence-electron chi connectivity index (χ3n) is 4.63. The molecule has 0 radical (unpaired) electrons. The fourth-order valence-electron chi connectivity index (χ4n) is 3.14. The molecular weight excluding hydrogens is 411 g/mol. The molecule has 1 fully saturated rings. The van der Waals surface area contributed by atoms with E-state index in [0.717, 1.165) is 38.1 Å². The van der Waals surface area contributed by atoms with Crippen LogP contribution in [-0.4, -0.2) is 43.6 Å². The smallest absolute Gasteiger partial charge is 0.191 e. The summed E-state index contributed by atoms with van der Waals surface area (Å²) < 4.78 is 0. The Morgan fingerprint density at radius 3 is 2.67 bits per heavy atom. The zero-order valence-corrected chi connectivity index (χ0v) is 17.9. The highest BCUT2D eigenvalue weighted by molar-refractivity contribution is 14.0. The highest BCUT2D eigenvalue weighted by atomic mass is 127. The molecule has 1 aromatic rings. The van der Waals surface area contributed by atoms with E-state index in [9.17, 15) is 0 Å². The van der Waals surface area contributed by atoms with Gasteiger partial charge in [0.25, 0.3) is 0 Å². The van der Waals surface area contributed by atoms with E-state index < -0.39 is 0 Å². The Morgan fingerprint density at radius 1 is 1.25 bits per heavy atom. The van der Waals surface area contributed by atoms with Crippen LogP contribution in [0.4, 0.5) is 0 Å². The number of hydrogen-bond donors (Lipinski definition) is 2. The van der Waals surface area contributed by atoms with Crippen LogP contribution in [0.5, 0.6) is 0 Å². The molecule has 1 aliphatic rings. The number of aliphatic imine (C=N–C) groups is 1. The quantitative estimate of drug-likeness (QED) is 0.402. The fraction of sp³-hybridized carbons (Fsp3) is 0.632. The van der Waals surface area contributed by atoms with Gasteiger partial charge < -0.3 is 15.5 Å². The minimum atomic E-state index is 0. The molecule has 4 nitrogen and oxygen atoms in total. The zero-order valence-electron chi connectivity index (χ0n) is 15.6. The largest absolute Gasteiger partial charge is 0.357 e. The molecule has 1 unspecified atom stereocenters. The molecule has 1 aliphatic heterocycles. The maximum Gasteiger partial charge on any atom is 0.191 e. The van der Waals surface area contributed by atoms with Crippen LogP contribution in [0.1, 0.15) is 37.0 Å². The lowest BCUT2D eigenvalue weighted by Gasteiger charge is -2.16. The van der Waals surface area contributed by atoms with Crippen molar-refractivity contribution >= 4 is 29.9 Å². The highest BCUT2D eigenvalue weighted by Gasteiger charge is 2.20. The molecular formula is C19H33IN4. The standard InChI is InChI=1S/C19H32N4.HI/c1-5-20-19(21-12-17-9-10-23(6-2)14-17)22-13-18-8-7-15(3)11-16(18)4;/h7-8,11,17H,5-6,9-10,12-14H2,1-4H3,(H2,20,21,22);1H. The summed E-state index contributed by atoms with van der Waals surface area (Å²) in [5, 5.41) is 6.88. The van der Waals surface area contributed by atoms with E-state index in [1.54, 1.807) is 0 Å². The number of aryl methyl sites for hydroxylation is 2. The third-order valence-corrected chi connectivity index (χ3v) is 4.63. The van der Waals surface area contributed by atoms with Gasteiger partial charge in [0, 0.05) is 19.6 Å². The Bertz CT molecular complexity index is 530. The lowest BCUT2D eigenvalue weighted by atomic mass is 10.1. The Labute approximate surface area is 164 Å². The first-order valence-electron chi connectivity index (χ1n) is 8.93. The van der Waals surface area contributed by atoms with Crippen LogP contribution in [0.25, 0.3) is 0 Å². The molecule has 2 rings (SSSR count). The van der Waals surface area contributed by atoms with Crippen LogP contribution < -0.4 is 10.6 Å². The first kappa shape index (κ1) is 21.2. The van der Waals surface area contributed by atoms with Crippen molar-refractivity contribution in [2.45, 2.75) is 40.7 Å². The van der Waals surface area contributed by atoms with E-state index >= 15 is 0 Å². The highest BCUT2D eigenvalue weighted by Crippen LogP contribution is 2.14. The van der Waals surface area contributed by atoms with Gasteiger partial charge in [0.1, 0.15) is 0 Å². The summed E-state index contributed by atoms with van der Waals surface area (Å²) in [6.45, 7) is 14.9. The Kier molecular flexibility index (Phi) is 9.66. The molecule has 1 heterocycles. The zero-order chi connectivity index (χ0) is 16.7. The second-order valence-electron chi connectivity index (χ2n) is 6.55. The summed E-state index contributed by atoms with van der Waals surface area (Å²) in [5.41, 5.74) is 3.92. The van der Waals surface area contributed by atoms with Crippen LogP contribution in [0.15, 0.2) is 23.2 Å². The van der Waals surface area contributed by atoms with Gasteiger partial charge in [-0.2, -0.15) is 0 Å². The summed E-state index contributed by atoms with van der Waals surface area (Å²) in [6, 6.07) is 6.58. The monoisotopic (exact) mass is 444 g/mol. The minimum absolute atomic E-state index is 0. The van der Waals surface area contributed by atoms with Gasteiger partial charge in [0.05, 0.1) is 6.54 Å². The molecule has 1 atom stereocenters. The van der Waals surface area contributed by atoms with Gasteiger partial charge in [-0.3, -0.25) is 0 Å². The average Bonchev–Trinajstić information content (AvgIpc) is 2.99. The van der Waals surface area contributed by atoms with Gasteiger partial charge in [0.15, 0.2) is 5.96 Å². The summed E-state index contributed by atoms with van der Waals surface area (Å²) in [7, 11) is 0. The van der Waals surface area contributed by atoms with Crippen LogP contribution in [0.2, 0.25) is 0 Å². The number of guanidine groups is 1. The minimum Gasteiger partial charge on any atom is -0.357 e. The van der Waals surface area contributed by atoms with Crippen molar-refractivity contribution in [1.29, 1.82) is 0 Å². The van der Waals surface area contributed by atoms with E-state index in [0.29, 0.717) is 0 Å². The van der Waals surface area contributed by atoms with Gasteiger partial charge in [-0.1, -0.05) is 30.7 Å². The topological polar surface area (TPSA) is 39.7 Å². The van der Waals surface area contributed by atoms with E-state index in [1.807, 2.05) is 0 Å². The second-order valence-corrected chi connectivity index (χ2v) is 6.55. The van der Waals surface area contributed by atoms with Gasteiger partial charge in [0.2, 0.25) is 0 Å². The predicted molar refractivity (Wildman–Crippen MR) is 114 cm³/mol. The van der Waals surface area contributed by atoms with Crippen molar-refractivity contribution in [3.05, 3.63) is 34.9 Å². The van der Waals surface area contributed by atoms with E-state index in [-0.39, 0.29) is 24.0 Å². The number of benzene rings is 1. The van der Waals surface area contributed by atoms with Gasteiger partial charge >= 0.3 is 0 Å². The van der Waals surface area contributed by atoms with E-state index in [2.05, 4.69) is 61.4 Å². The first-order chi connectivity index (χ1) is 11.1. The van der Waals surface area contributed by atoms with Crippen molar-refractivity contribution in [3.8, 4) is 0 Å². The molecule has 1 saturated heterocycles. The SMILES string of the molecule is CCNC(=NCc1ccc(C)cc1C)NCC1CCN(CC)C1.I. The maximum atomic E-state index is 4.76. The number of likely N-dealkylation sites (tertiary alicyclic amines) is 1. The predicted octanol–water partition coefficient (Wildman–Crippen LogP) is 3.32. The number of rotatable bonds is 6. The van der Waals surface area contributed by atoms with E-state index in [1.165, 1.54) is 36.2 Å². The fourth-order valence-corrected chi connectivity index (χ4v) is 3.14. The molecule has 2 N–H and O–H groups in total. The van der Waals surface area contributed by atoms with Crippen molar-refractivity contribution in [1.82, 2.24) is 15.5 Å². The first-order valence-corrected chi connectivity index (χ1v) is 8.93. The summed E-state index contributed by atoms with van der Waals surface area (Å²) in [4.78, 5) is 7.28. The number of nitrogens with one attached hydrogen (secondary N) is 2. The molecule has 1 aromatic carbocycles. The lowest BCUT2D eigenvalue weighted by molar-refractivity contribution is 0.342. The van der Waals surface area contributed by atoms with Gasteiger partial charge in [-0.15, -0.1) is 24.0 Å².